The smallest absolute Gasteiger partial charge is 0.352 e. The minimum Gasteiger partial charge on any atom is -0.477 e. The molecule has 1 fully saturated rings. The van der Waals surface area contributed by atoms with E-state index in [1.54, 1.807) is 6.07 Å². The quantitative estimate of drug-likeness (QED) is 0.703. The number of nitrogens with zero attached hydrogens (tertiary/aromatic N) is 2. The number of carbonyl (C=O) groups is 3. The molecule has 2 N–H and O–H groups in total. The van der Waals surface area contributed by atoms with Gasteiger partial charge in [-0.1, -0.05) is 6.07 Å². The van der Waals surface area contributed by atoms with E-state index < -0.39 is 11.9 Å². The first-order chi connectivity index (χ1) is 14.3. The fraction of sp³-hybridized carbons (Fsp3) is 0.333. The molecule has 156 valence electrons. The van der Waals surface area contributed by atoms with Gasteiger partial charge in [-0.05, 0) is 37.1 Å². The highest BCUT2D eigenvalue weighted by Gasteiger charge is 2.45. The van der Waals surface area contributed by atoms with Crippen molar-refractivity contribution in [2.45, 2.75) is 32.2 Å². The number of carboxylic acid groups (broad SMARTS) is 1. The van der Waals surface area contributed by atoms with E-state index in [1.165, 1.54) is 22.9 Å². The maximum Gasteiger partial charge on any atom is 0.352 e. The summed E-state index contributed by atoms with van der Waals surface area (Å²) in [7, 11) is 0. The Hall–Kier alpha value is -3.07. The molecule has 30 heavy (non-hydrogen) atoms. The van der Waals surface area contributed by atoms with Gasteiger partial charge in [0.2, 0.25) is 11.3 Å². The summed E-state index contributed by atoms with van der Waals surface area (Å²) in [5, 5.41) is 12.5. The molecule has 1 unspecified atom stereocenters. The summed E-state index contributed by atoms with van der Waals surface area (Å²) >= 11 is 1.47. The van der Waals surface area contributed by atoms with E-state index in [9.17, 15) is 24.3 Å². The molecule has 0 aliphatic carbocycles. The van der Waals surface area contributed by atoms with Crippen LogP contribution in [-0.4, -0.2) is 50.0 Å². The number of nitrogens with one attached hydrogen (secondary N) is 1. The number of carboxylic acids is 1. The third kappa shape index (κ3) is 3.28. The standard InChI is InChI=1S/C21H21N3O5S/c1-3-23-9-14(19(26)13-5-4-11(2)6-15(13)23)20(27)22-8-12-10-30-17-7-16(25)24(17)18(12)21(28)29/h4-6,9,17H,3,7-8,10H2,1-2H3,(H,22,27)(H,28,29). The van der Waals surface area contributed by atoms with E-state index in [0.717, 1.165) is 11.1 Å². The van der Waals surface area contributed by atoms with Gasteiger partial charge in [-0.15, -0.1) is 11.8 Å². The minimum atomic E-state index is -1.19. The van der Waals surface area contributed by atoms with Crippen LogP contribution in [0.1, 0.15) is 29.3 Å². The number of fused-ring (bicyclic) bond motifs is 2. The third-order valence-corrected chi connectivity index (χ3v) is 6.70. The molecule has 2 aliphatic rings. The van der Waals surface area contributed by atoms with Gasteiger partial charge in [-0.2, -0.15) is 0 Å². The molecule has 0 radical (unpaired) electrons. The van der Waals surface area contributed by atoms with Crippen molar-refractivity contribution in [3.8, 4) is 0 Å². The molecular formula is C21H21N3O5S. The molecule has 4 rings (SSSR count). The molecule has 2 aromatic rings. The SMILES string of the molecule is CCn1cc(C(=O)NCC2=C(C(=O)O)N3C(=O)CC3SC2)c(=O)c2ccc(C)cc21. The van der Waals surface area contributed by atoms with Crippen LogP contribution in [0, 0.1) is 6.92 Å². The second-order valence-electron chi connectivity index (χ2n) is 7.35. The van der Waals surface area contributed by atoms with E-state index in [-0.39, 0.29) is 34.5 Å². The normalized spacial score (nSPS) is 18.3. The molecule has 0 spiro atoms. The summed E-state index contributed by atoms with van der Waals surface area (Å²) in [6, 6.07) is 5.45. The molecule has 3 heterocycles. The molecule has 9 heteroatoms. The zero-order valence-electron chi connectivity index (χ0n) is 16.6. The van der Waals surface area contributed by atoms with Crippen LogP contribution in [0.2, 0.25) is 0 Å². The topological polar surface area (TPSA) is 109 Å². The Morgan fingerprint density at radius 3 is 2.73 bits per heavy atom. The number of carbonyl (C=O) groups excluding carboxylic acids is 2. The first kappa shape index (κ1) is 20.2. The van der Waals surface area contributed by atoms with Crippen molar-refractivity contribution in [2.24, 2.45) is 0 Å². The first-order valence-corrected chi connectivity index (χ1v) is 10.7. The maximum absolute atomic E-state index is 12.9. The Balaban J connectivity index is 1.64. The average Bonchev–Trinajstić information content (AvgIpc) is 2.71. The summed E-state index contributed by atoms with van der Waals surface area (Å²) in [6.07, 6.45) is 1.87. The molecule has 2 amide bonds. The zero-order valence-corrected chi connectivity index (χ0v) is 17.4. The highest BCUT2D eigenvalue weighted by Crippen LogP contribution is 2.39. The number of aromatic nitrogens is 1. The Morgan fingerprint density at radius 2 is 2.07 bits per heavy atom. The monoisotopic (exact) mass is 427 g/mol. The van der Waals surface area contributed by atoms with Gasteiger partial charge in [-0.3, -0.25) is 19.3 Å². The van der Waals surface area contributed by atoms with Crippen LogP contribution in [0.3, 0.4) is 0 Å². The number of aliphatic carboxylic acids is 1. The van der Waals surface area contributed by atoms with Crippen molar-refractivity contribution in [3.05, 3.63) is 57.0 Å². The zero-order chi connectivity index (χ0) is 21.6. The second-order valence-corrected chi connectivity index (χ2v) is 8.52. The van der Waals surface area contributed by atoms with Crippen LogP contribution in [0.15, 0.2) is 40.5 Å². The summed E-state index contributed by atoms with van der Waals surface area (Å²) < 4.78 is 1.85. The van der Waals surface area contributed by atoms with Crippen molar-refractivity contribution in [1.82, 2.24) is 14.8 Å². The third-order valence-electron chi connectivity index (χ3n) is 5.42. The van der Waals surface area contributed by atoms with Crippen LogP contribution in [0.4, 0.5) is 0 Å². The number of pyridine rings is 1. The number of thioether (sulfide) groups is 1. The number of rotatable bonds is 5. The summed E-state index contributed by atoms with van der Waals surface area (Å²) in [6.45, 7) is 4.41. The number of aryl methyl sites for hydroxylation is 2. The van der Waals surface area contributed by atoms with Gasteiger partial charge in [0.15, 0.2) is 0 Å². The summed E-state index contributed by atoms with van der Waals surface area (Å²) in [5.74, 6) is -1.58. The molecule has 1 aromatic carbocycles. The van der Waals surface area contributed by atoms with Gasteiger partial charge in [0.05, 0.1) is 17.3 Å². The fourth-order valence-corrected chi connectivity index (χ4v) is 5.08. The van der Waals surface area contributed by atoms with Gasteiger partial charge in [0.1, 0.15) is 11.3 Å². The lowest BCUT2D eigenvalue weighted by molar-refractivity contribution is -0.146. The molecular weight excluding hydrogens is 406 g/mol. The molecule has 0 bridgehead atoms. The van der Waals surface area contributed by atoms with Crippen molar-refractivity contribution in [3.63, 3.8) is 0 Å². The lowest BCUT2D eigenvalue weighted by atomic mass is 10.1. The first-order valence-electron chi connectivity index (χ1n) is 9.62. The van der Waals surface area contributed by atoms with Gasteiger partial charge in [0.25, 0.3) is 5.91 Å². The van der Waals surface area contributed by atoms with Crippen LogP contribution in [0.25, 0.3) is 10.9 Å². The van der Waals surface area contributed by atoms with Crippen molar-refractivity contribution < 1.29 is 19.5 Å². The molecule has 1 aromatic heterocycles. The second kappa shape index (κ2) is 7.64. The minimum absolute atomic E-state index is 0.00652. The van der Waals surface area contributed by atoms with Crippen LogP contribution in [0.5, 0.6) is 0 Å². The number of β-lactam (4-membered cyclic amide) rings is 1. The van der Waals surface area contributed by atoms with Crippen LogP contribution < -0.4 is 10.7 Å². The summed E-state index contributed by atoms with van der Waals surface area (Å²) in [4.78, 5) is 50.5. The lowest BCUT2D eigenvalue weighted by Gasteiger charge is -2.44. The van der Waals surface area contributed by atoms with E-state index in [2.05, 4.69) is 5.32 Å². The van der Waals surface area contributed by atoms with E-state index in [1.807, 2.05) is 30.5 Å². The largest absolute Gasteiger partial charge is 0.477 e. The lowest BCUT2D eigenvalue weighted by Crippen LogP contribution is -2.54. The van der Waals surface area contributed by atoms with Crippen molar-refractivity contribution in [2.75, 3.05) is 12.3 Å². The van der Waals surface area contributed by atoms with Gasteiger partial charge in [0, 0.05) is 30.4 Å². The van der Waals surface area contributed by atoms with Gasteiger partial charge < -0.3 is 15.0 Å². The molecule has 2 aliphatic heterocycles. The highest BCUT2D eigenvalue weighted by atomic mass is 32.2. The van der Waals surface area contributed by atoms with Gasteiger partial charge in [-0.25, -0.2) is 4.79 Å². The number of amides is 2. The predicted molar refractivity (Wildman–Crippen MR) is 113 cm³/mol. The van der Waals surface area contributed by atoms with E-state index in [4.69, 9.17) is 0 Å². The molecule has 1 saturated heterocycles. The molecule has 0 saturated carbocycles. The van der Waals surface area contributed by atoms with Crippen LogP contribution in [-0.2, 0) is 16.1 Å². The summed E-state index contributed by atoms with van der Waals surface area (Å²) in [5.41, 5.74) is 1.82. The highest BCUT2D eigenvalue weighted by molar-refractivity contribution is 8.00. The number of hydrogen-bond donors (Lipinski definition) is 2. The fourth-order valence-electron chi connectivity index (χ4n) is 3.82. The Kier molecular flexibility index (Phi) is 5.15. The maximum atomic E-state index is 12.9. The Bertz CT molecular complexity index is 1180. The predicted octanol–water partition coefficient (Wildman–Crippen LogP) is 1.70. The van der Waals surface area contributed by atoms with Crippen LogP contribution >= 0.6 is 11.8 Å². The van der Waals surface area contributed by atoms with Crippen molar-refractivity contribution >= 4 is 40.4 Å². The van der Waals surface area contributed by atoms with Crippen molar-refractivity contribution in [1.29, 1.82) is 0 Å². The van der Waals surface area contributed by atoms with E-state index in [0.29, 0.717) is 29.7 Å². The average molecular weight is 427 g/mol. The number of hydrogen-bond acceptors (Lipinski definition) is 5. The van der Waals surface area contributed by atoms with Gasteiger partial charge >= 0.3 is 5.97 Å². The van der Waals surface area contributed by atoms with E-state index >= 15 is 0 Å². The Morgan fingerprint density at radius 1 is 1.30 bits per heavy atom. The number of benzene rings is 1. The Labute approximate surface area is 176 Å². The molecule has 1 atom stereocenters. The molecule has 8 nitrogen and oxygen atoms in total.